The molecule has 10 heteroatoms. The molecule has 0 atom stereocenters. The molecule has 0 aliphatic carbocycles. The minimum atomic E-state index is -4.59. The number of hydrogen-bond acceptors (Lipinski definition) is 5. The lowest BCUT2D eigenvalue weighted by Crippen LogP contribution is -2.12. The Labute approximate surface area is 126 Å². The topological polar surface area (TPSA) is 80.7 Å². The molecule has 2 rings (SSSR count). The lowest BCUT2D eigenvalue weighted by molar-refractivity contribution is -0.137. The highest BCUT2D eigenvalue weighted by Crippen LogP contribution is 2.31. The molecule has 1 aromatic heterocycles. The highest BCUT2D eigenvalue weighted by Gasteiger charge is 2.31. The van der Waals surface area contributed by atoms with Crippen LogP contribution in [0.1, 0.15) is 15.2 Å². The number of aromatic carboxylic acids is 1. The number of halogens is 3. The normalized spacial score (nSPS) is 12.1. The van der Waals surface area contributed by atoms with E-state index in [0.29, 0.717) is 12.1 Å². The third kappa shape index (κ3) is 3.39. The van der Waals surface area contributed by atoms with Crippen LogP contribution in [0, 0.1) is 0 Å². The number of benzene rings is 1. The van der Waals surface area contributed by atoms with Gasteiger partial charge in [0.1, 0.15) is 4.90 Å². The summed E-state index contributed by atoms with van der Waals surface area (Å²) >= 11 is 0.762. The fraction of sp³-hybridized carbons (Fsp3) is 0.0833. The van der Waals surface area contributed by atoms with Gasteiger partial charge < -0.3 is 9.29 Å². The molecule has 0 saturated heterocycles. The number of carbonyl (C=O) groups is 1. The van der Waals surface area contributed by atoms with Crippen molar-refractivity contribution in [3.63, 3.8) is 0 Å². The molecule has 0 aliphatic rings. The van der Waals surface area contributed by atoms with Crippen molar-refractivity contribution < 1.29 is 35.7 Å². The van der Waals surface area contributed by atoms with E-state index in [2.05, 4.69) is 4.18 Å². The van der Waals surface area contributed by atoms with Crippen LogP contribution in [0.2, 0.25) is 0 Å². The summed E-state index contributed by atoms with van der Waals surface area (Å²) in [6, 6.07) is 3.83. The first kappa shape index (κ1) is 16.3. The Kier molecular flexibility index (Phi) is 4.16. The molecule has 2 aromatic rings. The summed E-state index contributed by atoms with van der Waals surface area (Å²) in [5.74, 6) is -1.76. The van der Waals surface area contributed by atoms with Crippen LogP contribution < -0.4 is 4.18 Å². The van der Waals surface area contributed by atoms with Gasteiger partial charge in [0.05, 0.1) is 5.56 Å². The number of carboxylic acid groups (broad SMARTS) is 1. The van der Waals surface area contributed by atoms with Gasteiger partial charge in [-0.25, -0.2) is 4.79 Å². The summed E-state index contributed by atoms with van der Waals surface area (Å²) in [6.07, 6.45) is -4.59. The van der Waals surface area contributed by atoms with Crippen LogP contribution in [-0.2, 0) is 16.3 Å². The van der Waals surface area contributed by atoms with E-state index in [1.807, 2.05) is 0 Å². The van der Waals surface area contributed by atoms with Crippen LogP contribution in [0.15, 0.2) is 40.6 Å². The maximum Gasteiger partial charge on any atom is 0.416 e. The van der Waals surface area contributed by atoms with Gasteiger partial charge >= 0.3 is 22.3 Å². The molecule has 0 radical (unpaired) electrons. The van der Waals surface area contributed by atoms with Crippen LogP contribution >= 0.6 is 11.3 Å². The number of carboxylic acids is 1. The molecule has 0 fully saturated rings. The predicted molar refractivity (Wildman–Crippen MR) is 70.5 cm³/mol. The van der Waals surface area contributed by atoms with E-state index in [9.17, 15) is 26.4 Å². The summed E-state index contributed by atoms with van der Waals surface area (Å²) < 4.78 is 65.8. The third-order valence-electron chi connectivity index (χ3n) is 2.49. The highest BCUT2D eigenvalue weighted by molar-refractivity contribution is 7.87. The summed E-state index contributed by atoms with van der Waals surface area (Å²) in [5.41, 5.74) is -1.01. The van der Waals surface area contributed by atoms with Crippen LogP contribution in [-0.4, -0.2) is 19.5 Å². The van der Waals surface area contributed by atoms with Gasteiger partial charge in [0.25, 0.3) is 0 Å². The second-order valence-electron chi connectivity index (χ2n) is 3.98. The predicted octanol–water partition coefficient (Wildman–Crippen LogP) is 3.23. The van der Waals surface area contributed by atoms with Gasteiger partial charge in [0.15, 0.2) is 10.6 Å². The first-order chi connectivity index (χ1) is 10.1. The fourth-order valence-electron chi connectivity index (χ4n) is 1.50. The first-order valence-corrected chi connectivity index (χ1v) is 7.82. The van der Waals surface area contributed by atoms with Crippen molar-refractivity contribution in [2.75, 3.05) is 0 Å². The summed E-state index contributed by atoms with van der Waals surface area (Å²) in [4.78, 5) is 10.0. The smallest absolute Gasteiger partial charge is 0.416 e. The Hall–Kier alpha value is -2.07. The van der Waals surface area contributed by atoms with Crippen LogP contribution in [0.3, 0.4) is 0 Å². The van der Waals surface area contributed by atoms with E-state index in [1.165, 1.54) is 5.38 Å². The van der Waals surface area contributed by atoms with Crippen molar-refractivity contribution in [1.82, 2.24) is 0 Å². The number of hydrogen-bond donors (Lipinski definition) is 1. The zero-order valence-electron chi connectivity index (χ0n) is 10.5. The lowest BCUT2D eigenvalue weighted by Gasteiger charge is -2.09. The molecule has 118 valence electrons. The average molecular weight is 352 g/mol. The molecule has 0 bridgehead atoms. The van der Waals surface area contributed by atoms with Crippen LogP contribution in [0.5, 0.6) is 5.75 Å². The molecule has 1 N–H and O–H groups in total. The Morgan fingerprint density at radius 2 is 1.73 bits per heavy atom. The fourth-order valence-corrected chi connectivity index (χ4v) is 3.14. The maximum absolute atomic E-state index is 12.4. The molecule has 1 heterocycles. The second kappa shape index (κ2) is 5.61. The van der Waals surface area contributed by atoms with Gasteiger partial charge in [-0.15, -0.1) is 11.3 Å². The van der Waals surface area contributed by atoms with Crippen LogP contribution in [0.4, 0.5) is 13.2 Å². The molecule has 0 amide bonds. The van der Waals surface area contributed by atoms with Crippen molar-refractivity contribution in [1.29, 1.82) is 0 Å². The number of alkyl halides is 3. The van der Waals surface area contributed by atoms with Crippen molar-refractivity contribution in [2.45, 2.75) is 11.1 Å². The third-order valence-corrected chi connectivity index (χ3v) is 4.63. The molecule has 0 spiro atoms. The minimum absolute atomic E-state index is 0.324. The SMILES string of the molecule is O=C(O)c1sccc1OS(=O)(=O)c1ccc(C(F)(F)F)cc1. The molecule has 0 aliphatic heterocycles. The van der Waals surface area contributed by atoms with Gasteiger partial charge in [-0.3, -0.25) is 0 Å². The van der Waals surface area contributed by atoms with E-state index >= 15 is 0 Å². The molecule has 22 heavy (non-hydrogen) atoms. The van der Waals surface area contributed by atoms with E-state index < -0.39 is 38.5 Å². The lowest BCUT2D eigenvalue weighted by atomic mass is 10.2. The molecular weight excluding hydrogens is 345 g/mol. The quantitative estimate of drug-likeness (QED) is 0.855. The Morgan fingerprint density at radius 1 is 1.14 bits per heavy atom. The Morgan fingerprint density at radius 3 is 2.23 bits per heavy atom. The minimum Gasteiger partial charge on any atom is -0.477 e. The van der Waals surface area contributed by atoms with Gasteiger partial charge in [-0.2, -0.15) is 21.6 Å². The molecular formula is C12H7F3O5S2. The molecule has 0 saturated carbocycles. The molecule has 5 nitrogen and oxygen atoms in total. The zero-order chi connectivity index (χ0) is 16.5. The van der Waals surface area contributed by atoms with E-state index in [-0.39, 0.29) is 4.88 Å². The van der Waals surface area contributed by atoms with Gasteiger partial charge in [-0.05, 0) is 35.7 Å². The standard InChI is InChI=1S/C12H7F3O5S2/c13-12(14,15)7-1-3-8(4-2-7)22(18,19)20-9-5-6-21-10(9)11(16)17/h1-6H,(H,16,17). The highest BCUT2D eigenvalue weighted by atomic mass is 32.2. The molecule has 1 aromatic carbocycles. The van der Waals surface area contributed by atoms with Gasteiger partial charge in [-0.1, -0.05) is 0 Å². The second-order valence-corrected chi connectivity index (χ2v) is 6.44. The van der Waals surface area contributed by atoms with Crippen molar-refractivity contribution in [2.24, 2.45) is 0 Å². The van der Waals surface area contributed by atoms with E-state index in [1.54, 1.807) is 0 Å². The van der Waals surface area contributed by atoms with Gasteiger partial charge in [0, 0.05) is 0 Å². The van der Waals surface area contributed by atoms with Crippen molar-refractivity contribution in [3.05, 3.63) is 46.2 Å². The average Bonchev–Trinajstić information content (AvgIpc) is 2.85. The first-order valence-electron chi connectivity index (χ1n) is 5.54. The largest absolute Gasteiger partial charge is 0.477 e. The molecule has 0 unspecified atom stereocenters. The zero-order valence-corrected chi connectivity index (χ0v) is 12.1. The number of rotatable bonds is 4. The van der Waals surface area contributed by atoms with E-state index in [0.717, 1.165) is 29.5 Å². The van der Waals surface area contributed by atoms with E-state index in [4.69, 9.17) is 5.11 Å². The summed E-state index contributed by atoms with van der Waals surface area (Å²) in [6.45, 7) is 0. The van der Waals surface area contributed by atoms with Crippen LogP contribution in [0.25, 0.3) is 0 Å². The Bertz CT molecular complexity index is 791. The monoisotopic (exact) mass is 352 g/mol. The summed E-state index contributed by atoms with van der Waals surface area (Å²) in [5, 5.41) is 10.2. The van der Waals surface area contributed by atoms with Crippen molar-refractivity contribution >= 4 is 27.4 Å². The Balaban J connectivity index is 2.31. The number of thiophene rings is 1. The maximum atomic E-state index is 12.4. The van der Waals surface area contributed by atoms with Gasteiger partial charge in [0.2, 0.25) is 0 Å². The van der Waals surface area contributed by atoms with Crippen molar-refractivity contribution in [3.8, 4) is 5.75 Å². The summed E-state index contributed by atoms with van der Waals surface area (Å²) in [7, 11) is -4.43.